The predicted octanol–water partition coefficient (Wildman–Crippen LogP) is 0.726. The van der Waals surface area contributed by atoms with Crippen LogP contribution < -0.4 is 5.56 Å². The molecule has 0 spiro atoms. The first-order valence-electron chi connectivity index (χ1n) is 6.05. The third-order valence-electron chi connectivity index (χ3n) is 2.85. The van der Waals surface area contributed by atoms with Crippen LogP contribution in [0.4, 0.5) is 0 Å². The molecule has 1 N–H and O–H groups in total. The molecule has 0 radical (unpaired) electrons. The Labute approximate surface area is 101 Å². The van der Waals surface area contributed by atoms with Crippen LogP contribution in [0.1, 0.15) is 31.3 Å². The fourth-order valence-corrected chi connectivity index (χ4v) is 1.87. The Bertz CT molecular complexity index is 422. The summed E-state index contributed by atoms with van der Waals surface area (Å²) in [4.78, 5) is 21.0. The molecule has 0 aliphatic carbocycles. The molecule has 2 rings (SSSR count). The molecule has 2 heterocycles. The minimum absolute atomic E-state index is 0.0630. The SMILES string of the molecule is CC(C)c1nc(CN2CCOCC2)cc(=O)[nH]1. The van der Waals surface area contributed by atoms with Gasteiger partial charge in [-0.25, -0.2) is 4.98 Å². The van der Waals surface area contributed by atoms with Crippen molar-refractivity contribution in [3.8, 4) is 0 Å². The molecule has 0 aromatic carbocycles. The van der Waals surface area contributed by atoms with Crippen molar-refractivity contribution < 1.29 is 4.74 Å². The molecule has 1 aromatic heterocycles. The lowest BCUT2D eigenvalue weighted by Crippen LogP contribution is -2.36. The Morgan fingerprint density at radius 2 is 2.18 bits per heavy atom. The van der Waals surface area contributed by atoms with E-state index in [0.717, 1.165) is 44.4 Å². The van der Waals surface area contributed by atoms with Gasteiger partial charge in [-0.2, -0.15) is 0 Å². The van der Waals surface area contributed by atoms with Crippen molar-refractivity contribution >= 4 is 0 Å². The lowest BCUT2D eigenvalue weighted by molar-refractivity contribution is 0.0336. The zero-order valence-corrected chi connectivity index (χ0v) is 10.4. The van der Waals surface area contributed by atoms with Crippen molar-refractivity contribution in [2.75, 3.05) is 26.3 Å². The van der Waals surface area contributed by atoms with Gasteiger partial charge in [-0.3, -0.25) is 9.69 Å². The number of rotatable bonds is 3. The highest BCUT2D eigenvalue weighted by Gasteiger charge is 2.12. The number of aromatic amines is 1. The van der Waals surface area contributed by atoms with Gasteiger partial charge in [-0.05, 0) is 0 Å². The fraction of sp³-hybridized carbons (Fsp3) is 0.667. The number of nitrogens with zero attached hydrogens (tertiary/aromatic N) is 2. The maximum absolute atomic E-state index is 11.5. The van der Waals surface area contributed by atoms with Gasteiger partial charge in [-0.15, -0.1) is 0 Å². The smallest absolute Gasteiger partial charge is 0.251 e. The highest BCUT2D eigenvalue weighted by Crippen LogP contribution is 2.08. The Morgan fingerprint density at radius 1 is 1.47 bits per heavy atom. The largest absolute Gasteiger partial charge is 0.379 e. The number of hydrogen-bond donors (Lipinski definition) is 1. The van der Waals surface area contributed by atoms with Crippen LogP contribution in [0.15, 0.2) is 10.9 Å². The molecule has 0 bridgehead atoms. The van der Waals surface area contributed by atoms with E-state index in [2.05, 4.69) is 14.9 Å². The molecule has 0 amide bonds. The third kappa shape index (κ3) is 3.38. The summed E-state index contributed by atoms with van der Waals surface area (Å²) in [5.41, 5.74) is 0.784. The lowest BCUT2D eigenvalue weighted by Gasteiger charge is -2.26. The summed E-state index contributed by atoms with van der Waals surface area (Å²) in [6, 6.07) is 1.58. The van der Waals surface area contributed by atoms with Crippen molar-refractivity contribution in [2.24, 2.45) is 0 Å². The second kappa shape index (κ2) is 5.42. The van der Waals surface area contributed by atoms with E-state index in [4.69, 9.17) is 4.74 Å². The zero-order chi connectivity index (χ0) is 12.3. The molecule has 5 heteroatoms. The van der Waals surface area contributed by atoms with Crippen molar-refractivity contribution in [1.82, 2.24) is 14.9 Å². The van der Waals surface area contributed by atoms with Crippen LogP contribution in [-0.2, 0) is 11.3 Å². The molecule has 1 aliphatic heterocycles. The summed E-state index contributed by atoms with van der Waals surface area (Å²) in [6.07, 6.45) is 0. The van der Waals surface area contributed by atoms with E-state index in [-0.39, 0.29) is 11.5 Å². The highest BCUT2D eigenvalue weighted by atomic mass is 16.5. The number of morpholine rings is 1. The van der Waals surface area contributed by atoms with Crippen LogP contribution in [0.5, 0.6) is 0 Å². The Hall–Kier alpha value is -1.20. The molecular formula is C12H19N3O2. The van der Waals surface area contributed by atoms with Gasteiger partial charge in [0.2, 0.25) is 0 Å². The average molecular weight is 237 g/mol. The van der Waals surface area contributed by atoms with Crippen molar-refractivity contribution in [3.63, 3.8) is 0 Å². The molecule has 94 valence electrons. The van der Waals surface area contributed by atoms with E-state index in [1.54, 1.807) is 6.07 Å². The number of ether oxygens (including phenoxy) is 1. The van der Waals surface area contributed by atoms with E-state index < -0.39 is 0 Å². The van der Waals surface area contributed by atoms with Crippen LogP contribution in [-0.4, -0.2) is 41.2 Å². The molecular weight excluding hydrogens is 218 g/mol. The topological polar surface area (TPSA) is 58.2 Å². The normalized spacial score (nSPS) is 17.6. The molecule has 1 aromatic rings. The molecule has 5 nitrogen and oxygen atoms in total. The van der Waals surface area contributed by atoms with Crippen molar-refractivity contribution in [2.45, 2.75) is 26.3 Å². The van der Waals surface area contributed by atoms with E-state index in [9.17, 15) is 4.79 Å². The van der Waals surface area contributed by atoms with Gasteiger partial charge >= 0.3 is 0 Å². The number of hydrogen-bond acceptors (Lipinski definition) is 4. The first-order chi connectivity index (χ1) is 8.15. The van der Waals surface area contributed by atoms with E-state index >= 15 is 0 Å². The van der Waals surface area contributed by atoms with Gasteiger partial charge < -0.3 is 9.72 Å². The predicted molar refractivity (Wildman–Crippen MR) is 65.0 cm³/mol. The van der Waals surface area contributed by atoms with Gasteiger partial charge in [0.1, 0.15) is 5.82 Å². The maximum Gasteiger partial charge on any atom is 0.251 e. The Kier molecular flexibility index (Phi) is 3.91. The second-order valence-electron chi connectivity index (χ2n) is 4.67. The van der Waals surface area contributed by atoms with Crippen molar-refractivity contribution in [1.29, 1.82) is 0 Å². The first kappa shape index (κ1) is 12.3. The molecule has 1 aliphatic rings. The molecule has 0 saturated carbocycles. The Morgan fingerprint density at radius 3 is 2.82 bits per heavy atom. The molecule has 17 heavy (non-hydrogen) atoms. The van der Waals surface area contributed by atoms with Gasteiger partial charge in [0.05, 0.1) is 18.9 Å². The quantitative estimate of drug-likeness (QED) is 0.842. The molecule has 0 unspecified atom stereocenters. The van der Waals surface area contributed by atoms with Crippen LogP contribution in [0.2, 0.25) is 0 Å². The van der Waals surface area contributed by atoms with Crippen LogP contribution >= 0.6 is 0 Å². The summed E-state index contributed by atoms with van der Waals surface area (Å²) < 4.78 is 5.29. The second-order valence-corrected chi connectivity index (χ2v) is 4.67. The standard InChI is InChI=1S/C12H19N3O2/c1-9(2)12-13-10(7-11(16)14-12)8-15-3-5-17-6-4-15/h7,9H,3-6,8H2,1-2H3,(H,13,14,16). The maximum atomic E-state index is 11.5. The van der Waals surface area contributed by atoms with Gasteiger partial charge in [0, 0.05) is 31.6 Å². The lowest BCUT2D eigenvalue weighted by atomic mass is 10.2. The number of aromatic nitrogens is 2. The van der Waals surface area contributed by atoms with Crippen molar-refractivity contribution in [3.05, 3.63) is 27.9 Å². The van der Waals surface area contributed by atoms with Crippen LogP contribution in [0.3, 0.4) is 0 Å². The minimum Gasteiger partial charge on any atom is -0.379 e. The summed E-state index contributed by atoms with van der Waals surface area (Å²) in [6.45, 7) is 8.12. The minimum atomic E-state index is -0.0630. The molecule has 1 fully saturated rings. The Balaban J connectivity index is 2.11. The zero-order valence-electron chi connectivity index (χ0n) is 10.4. The summed E-state index contributed by atoms with van der Waals surface area (Å²) in [5, 5.41) is 0. The molecule has 1 saturated heterocycles. The summed E-state index contributed by atoms with van der Waals surface area (Å²) in [5.74, 6) is 1.01. The van der Waals surface area contributed by atoms with E-state index in [0.29, 0.717) is 0 Å². The average Bonchev–Trinajstić information content (AvgIpc) is 2.29. The number of H-pyrrole nitrogens is 1. The van der Waals surface area contributed by atoms with Crippen LogP contribution in [0, 0.1) is 0 Å². The number of nitrogens with one attached hydrogen (secondary N) is 1. The van der Waals surface area contributed by atoms with Crippen LogP contribution in [0.25, 0.3) is 0 Å². The highest BCUT2D eigenvalue weighted by molar-refractivity contribution is 5.05. The van der Waals surface area contributed by atoms with E-state index in [1.165, 1.54) is 0 Å². The summed E-state index contributed by atoms with van der Waals surface area (Å²) >= 11 is 0. The van der Waals surface area contributed by atoms with Gasteiger partial charge in [0.25, 0.3) is 5.56 Å². The monoisotopic (exact) mass is 237 g/mol. The third-order valence-corrected chi connectivity index (χ3v) is 2.85. The summed E-state index contributed by atoms with van der Waals surface area (Å²) in [7, 11) is 0. The molecule has 0 atom stereocenters. The fourth-order valence-electron chi connectivity index (χ4n) is 1.87. The van der Waals surface area contributed by atoms with E-state index in [1.807, 2.05) is 13.8 Å². The van der Waals surface area contributed by atoms with Gasteiger partial charge in [0.15, 0.2) is 0 Å². The van der Waals surface area contributed by atoms with Gasteiger partial charge in [-0.1, -0.05) is 13.8 Å². The first-order valence-corrected chi connectivity index (χ1v) is 6.05.